The summed E-state index contributed by atoms with van der Waals surface area (Å²) in [5.74, 6) is 1.91. The lowest BCUT2D eigenvalue weighted by Gasteiger charge is -2.07. The Hall–Kier alpha value is -3.79. The summed E-state index contributed by atoms with van der Waals surface area (Å²) < 4.78 is 20.4. The van der Waals surface area contributed by atoms with Crippen LogP contribution < -0.4 is 19.5 Å². The molecule has 0 saturated carbocycles. The number of fused-ring (bicyclic) bond motifs is 1. The predicted molar refractivity (Wildman–Crippen MR) is 133 cm³/mol. The minimum absolute atomic E-state index is 0.163. The van der Waals surface area contributed by atoms with Crippen molar-refractivity contribution < 1.29 is 19.0 Å². The average Bonchev–Trinajstić information content (AvgIpc) is 3.60. The van der Waals surface area contributed by atoms with Crippen LogP contribution in [-0.2, 0) is 20.2 Å². The summed E-state index contributed by atoms with van der Waals surface area (Å²) in [7, 11) is 1.94. The summed E-state index contributed by atoms with van der Waals surface area (Å²) in [6.45, 7) is 9.10. The summed E-state index contributed by atoms with van der Waals surface area (Å²) in [5, 5.41) is 14.1. The Morgan fingerprint density at radius 1 is 1.09 bits per heavy atom. The molecule has 0 radical (unpaired) electrons. The molecule has 1 amide bonds. The smallest absolute Gasteiger partial charge is 0.265 e. The van der Waals surface area contributed by atoms with Crippen LogP contribution in [0.25, 0.3) is 0 Å². The molecule has 4 heterocycles. The van der Waals surface area contributed by atoms with Crippen LogP contribution in [0.3, 0.4) is 0 Å². The normalized spacial score (nSPS) is 12.3. The van der Waals surface area contributed by atoms with Crippen molar-refractivity contribution in [2.24, 2.45) is 7.05 Å². The molecule has 0 atom stereocenters. The number of thiophene rings is 1. The Kier molecular flexibility index (Phi) is 5.98. The first-order valence-electron chi connectivity index (χ1n) is 11.2. The quantitative estimate of drug-likeness (QED) is 0.407. The number of hydrogen-bond donors (Lipinski definition) is 1. The number of aromatic nitrogens is 4. The summed E-state index contributed by atoms with van der Waals surface area (Å²) in [5.41, 5.74) is 6.57. The number of nitrogens with one attached hydrogen (secondary N) is 1. The highest BCUT2D eigenvalue weighted by atomic mass is 32.1. The van der Waals surface area contributed by atoms with Crippen LogP contribution in [0.15, 0.2) is 29.6 Å². The van der Waals surface area contributed by atoms with Crippen LogP contribution in [0.5, 0.6) is 17.2 Å². The van der Waals surface area contributed by atoms with Crippen molar-refractivity contribution in [3.8, 4) is 17.2 Å². The van der Waals surface area contributed by atoms with Gasteiger partial charge in [0, 0.05) is 29.9 Å². The van der Waals surface area contributed by atoms with Gasteiger partial charge in [-0.3, -0.25) is 14.2 Å². The van der Waals surface area contributed by atoms with E-state index in [9.17, 15) is 4.79 Å². The highest BCUT2D eigenvalue weighted by molar-refractivity contribution is 7.12. The van der Waals surface area contributed by atoms with E-state index >= 15 is 0 Å². The van der Waals surface area contributed by atoms with E-state index in [4.69, 9.17) is 14.2 Å². The zero-order chi connectivity index (χ0) is 24.7. The van der Waals surface area contributed by atoms with Crippen LogP contribution in [0.2, 0.25) is 0 Å². The number of anilines is 1. The molecule has 1 aliphatic rings. The summed E-state index contributed by atoms with van der Waals surface area (Å²) >= 11 is 1.38. The fourth-order valence-corrected chi connectivity index (χ4v) is 4.90. The van der Waals surface area contributed by atoms with E-state index in [0.29, 0.717) is 35.3 Å². The highest BCUT2D eigenvalue weighted by Crippen LogP contribution is 2.35. The first-order valence-corrected chi connectivity index (χ1v) is 12.1. The molecule has 0 aliphatic carbocycles. The van der Waals surface area contributed by atoms with Gasteiger partial charge in [0.15, 0.2) is 11.5 Å². The molecule has 35 heavy (non-hydrogen) atoms. The first kappa shape index (κ1) is 23.0. The average molecular weight is 494 g/mol. The number of hydrogen-bond acceptors (Lipinski definition) is 7. The third kappa shape index (κ3) is 4.49. The Morgan fingerprint density at radius 2 is 1.89 bits per heavy atom. The van der Waals surface area contributed by atoms with Gasteiger partial charge in [0.2, 0.25) is 6.79 Å². The van der Waals surface area contributed by atoms with Gasteiger partial charge in [-0.05, 0) is 51.3 Å². The molecule has 5 rings (SSSR count). The van der Waals surface area contributed by atoms with Gasteiger partial charge in [-0.2, -0.15) is 10.2 Å². The van der Waals surface area contributed by atoms with E-state index in [0.717, 1.165) is 39.6 Å². The van der Waals surface area contributed by atoms with Crippen molar-refractivity contribution in [3.05, 3.63) is 68.4 Å². The number of carbonyl (C=O) groups is 1. The maximum absolute atomic E-state index is 13.0. The Labute approximate surface area is 207 Å². The maximum Gasteiger partial charge on any atom is 0.265 e. The van der Waals surface area contributed by atoms with E-state index in [1.165, 1.54) is 11.3 Å². The summed E-state index contributed by atoms with van der Waals surface area (Å²) in [4.78, 5) is 13.6. The van der Waals surface area contributed by atoms with Gasteiger partial charge in [0.1, 0.15) is 12.4 Å². The third-order valence-corrected chi connectivity index (χ3v) is 7.19. The van der Waals surface area contributed by atoms with Gasteiger partial charge in [0.25, 0.3) is 5.91 Å². The van der Waals surface area contributed by atoms with Crippen molar-refractivity contribution in [2.45, 2.75) is 40.8 Å². The lowest BCUT2D eigenvalue weighted by Crippen LogP contribution is -2.12. The first-order chi connectivity index (χ1) is 16.8. The minimum Gasteiger partial charge on any atom is -0.489 e. The number of rotatable bonds is 7. The molecule has 0 unspecified atom stereocenters. The highest BCUT2D eigenvalue weighted by Gasteiger charge is 2.19. The Bertz CT molecular complexity index is 1420. The van der Waals surface area contributed by atoms with Crippen LogP contribution in [0, 0.1) is 27.7 Å². The standard InChI is InChI=1S/C25H27N5O4S/c1-14-20(16(3)29(5)27-14)10-30-17(4)24(15(2)28-30)26-25(31)23-8-18(12-35-23)11-32-19-6-7-21-22(9-19)34-13-33-21/h6-9,12H,10-11,13H2,1-5H3,(H,26,31). The van der Waals surface area contributed by atoms with Gasteiger partial charge in [-0.1, -0.05) is 0 Å². The SMILES string of the molecule is Cc1nn(C)c(C)c1Cn1nc(C)c(NC(=O)c2cc(COc3ccc4c(c3)OCO4)cs2)c1C. The van der Waals surface area contributed by atoms with Crippen LogP contribution >= 0.6 is 11.3 Å². The summed E-state index contributed by atoms with van der Waals surface area (Å²) in [6, 6.07) is 7.32. The van der Waals surface area contributed by atoms with E-state index in [1.54, 1.807) is 6.07 Å². The third-order valence-electron chi connectivity index (χ3n) is 6.21. The number of carbonyl (C=O) groups excluding carboxylic acids is 1. The fourth-order valence-electron chi connectivity index (χ4n) is 4.11. The van der Waals surface area contributed by atoms with Crippen LogP contribution in [0.1, 0.15) is 43.6 Å². The van der Waals surface area contributed by atoms with Gasteiger partial charge in [0.05, 0.1) is 34.2 Å². The number of ether oxygens (including phenoxy) is 3. The second-order valence-corrected chi connectivity index (χ2v) is 9.46. The van der Waals surface area contributed by atoms with E-state index < -0.39 is 0 Å². The molecule has 10 heteroatoms. The van der Waals surface area contributed by atoms with Crippen molar-refractivity contribution in [3.63, 3.8) is 0 Å². The largest absolute Gasteiger partial charge is 0.489 e. The van der Waals surface area contributed by atoms with Crippen LogP contribution in [0.4, 0.5) is 5.69 Å². The number of benzene rings is 1. The van der Waals surface area contributed by atoms with E-state index in [2.05, 4.69) is 15.5 Å². The van der Waals surface area contributed by atoms with Gasteiger partial charge in [-0.25, -0.2) is 0 Å². The molecule has 1 aromatic carbocycles. The number of nitrogens with zero attached hydrogens (tertiary/aromatic N) is 4. The monoisotopic (exact) mass is 493 g/mol. The molecule has 1 aliphatic heterocycles. The van der Waals surface area contributed by atoms with Gasteiger partial charge >= 0.3 is 0 Å². The molecule has 0 bridgehead atoms. The van der Waals surface area contributed by atoms with Crippen molar-refractivity contribution >= 4 is 22.9 Å². The van der Waals surface area contributed by atoms with Gasteiger partial charge < -0.3 is 19.5 Å². The molecule has 4 aromatic rings. The molecule has 1 N–H and O–H groups in total. The van der Waals surface area contributed by atoms with Gasteiger partial charge in [-0.15, -0.1) is 11.3 Å². The van der Waals surface area contributed by atoms with Crippen LogP contribution in [-0.4, -0.2) is 32.3 Å². The minimum atomic E-state index is -0.163. The topological polar surface area (TPSA) is 92.4 Å². The zero-order valence-corrected chi connectivity index (χ0v) is 21.2. The summed E-state index contributed by atoms with van der Waals surface area (Å²) in [6.07, 6.45) is 0. The lowest BCUT2D eigenvalue weighted by atomic mass is 10.2. The molecular weight excluding hydrogens is 466 g/mol. The van der Waals surface area contributed by atoms with E-state index in [1.807, 2.05) is 67.7 Å². The van der Waals surface area contributed by atoms with E-state index in [-0.39, 0.29) is 12.7 Å². The second-order valence-electron chi connectivity index (χ2n) is 8.55. The fraction of sp³-hybridized carbons (Fsp3) is 0.320. The molecule has 0 saturated heterocycles. The molecule has 9 nitrogen and oxygen atoms in total. The molecule has 0 fully saturated rings. The Morgan fingerprint density at radius 3 is 2.66 bits per heavy atom. The molecular formula is C25H27N5O4S. The number of amides is 1. The lowest BCUT2D eigenvalue weighted by molar-refractivity contribution is 0.103. The van der Waals surface area contributed by atoms with Crippen molar-refractivity contribution in [1.82, 2.24) is 19.6 Å². The second kappa shape index (κ2) is 9.10. The van der Waals surface area contributed by atoms with Crippen molar-refractivity contribution in [2.75, 3.05) is 12.1 Å². The predicted octanol–water partition coefficient (Wildman–Crippen LogP) is 4.52. The number of aryl methyl sites for hydroxylation is 3. The van der Waals surface area contributed by atoms with Crippen molar-refractivity contribution in [1.29, 1.82) is 0 Å². The molecule has 0 spiro atoms. The molecule has 182 valence electrons. The Balaban J connectivity index is 1.25. The maximum atomic E-state index is 13.0. The molecule has 3 aromatic heterocycles. The zero-order valence-electron chi connectivity index (χ0n) is 20.3.